The van der Waals surface area contributed by atoms with Gasteiger partial charge in [-0.3, -0.25) is 4.98 Å². The highest BCUT2D eigenvalue weighted by molar-refractivity contribution is 5.28. The Morgan fingerprint density at radius 3 is 3.08 bits per heavy atom. The van der Waals surface area contributed by atoms with Gasteiger partial charge in [0.25, 0.3) is 0 Å². The molecule has 2 nitrogen and oxygen atoms in total. The van der Waals surface area contributed by atoms with Gasteiger partial charge in [0, 0.05) is 18.0 Å². The number of ether oxygens (including phenoxy) is 1. The molecule has 64 valence electrons. The number of rotatable bonds is 3. The van der Waals surface area contributed by atoms with Crippen LogP contribution in [-0.2, 0) is 0 Å². The zero-order valence-corrected chi connectivity index (χ0v) is 7.29. The number of hydrogen-bond acceptors (Lipinski definition) is 2. The van der Waals surface area contributed by atoms with Crippen molar-refractivity contribution in [1.29, 1.82) is 0 Å². The quantitative estimate of drug-likeness (QED) is 0.681. The average molecular weight is 163 g/mol. The zero-order chi connectivity index (χ0) is 8.39. The van der Waals surface area contributed by atoms with Crippen molar-refractivity contribution in [3.63, 3.8) is 0 Å². The first-order chi connectivity index (χ1) is 5.86. The Bertz CT molecular complexity index is 268. The van der Waals surface area contributed by atoms with Crippen molar-refractivity contribution >= 4 is 0 Å². The summed E-state index contributed by atoms with van der Waals surface area (Å²) in [5.74, 6) is 1.80. The van der Waals surface area contributed by atoms with Gasteiger partial charge in [0.1, 0.15) is 5.75 Å². The molecule has 1 aliphatic rings. The summed E-state index contributed by atoms with van der Waals surface area (Å²) in [4.78, 5) is 4.01. The maximum atomic E-state index is 5.62. The standard InChI is InChI=1S/C10H13NO/c1-8-6-11-5-4-10(8)12-7-9-2-3-9/h4-6,9H,2-3,7H2,1H3. The molecule has 0 aliphatic heterocycles. The number of hydrogen-bond donors (Lipinski definition) is 0. The minimum absolute atomic E-state index is 0.817. The second-order valence-corrected chi connectivity index (χ2v) is 3.40. The molecule has 0 aromatic carbocycles. The minimum atomic E-state index is 0.817. The van der Waals surface area contributed by atoms with Gasteiger partial charge in [-0.25, -0.2) is 0 Å². The normalized spacial score (nSPS) is 16.1. The fraction of sp³-hybridized carbons (Fsp3) is 0.500. The van der Waals surface area contributed by atoms with E-state index in [9.17, 15) is 0 Å². The smallest absolute Gasteiger partial charge is 0.125 e. The summed E-state index contributed by atoms with van der Waals surface area (Å²) in [6.45, 7) is 2.90. The Morgan fingerprint density at radius 2 is 2.42 bits per heavy atom. The van der Waals surface area contributed by atoms with E-state index in [1.54, 1.807) is 6.20 Å². The molecule has 1 aromatic rings. The van der Waals surface area contributed by atoms with Crippen LogP contribution in [0.5, 0.6) is 5.75 Å². The molecular formula is C10H13NO. The van der Waals surface area contributed by atoms with Crippen LogP contribution >= 0.6 is 0 Å². The summed E-state index contributed by atoms with van der Waals surface area (Å²) in [5, 5.41) is 0. The van der Waals surface area contributed by atoms with Crippen molar-refractivity contribution in [2.24, 2.45) is 5.92 Å². The number of nitrogens with zero attached hydrogens (tertiary/aromatic N) is 1. The van der Waals surface area contributed by atoms with E-state index in [1.165, 1.54) is 12.8 Å². The summed E-state index contributed by atoms with van der Waals surface area (Å²) >= 11 is 0. The van der Waals surface area contributed by atoms with Crippen molar-refractivity contribution in [2.75, 3.05) is 6.61 Å². The monoisotopic (exact) mass is 163 g/mol. The largest absolute Gasteiger partial charge is 0.493 e. The first-order valence-corrected chi connectivity index (χ1v) is 4.39. The van der Waals surface area contributed by atoms with Crippen molar-refractivity contribution in [3.8, 4) is 5.75 Å². The van der Waals surface area contributed by atoms with E-state index in [1.807, 2.05) is 19.2 Å². The van der Waals surface area contributed by atoms with Crippen molar-refractivity contribution in [3.05, 3.63) is 24.0 Å². The van der Waals surface area contributed by atoms with Gasteiger partial charge in [0.05, 0.1) is 6.61 Å². The molecular weight excluding hydrogens is 150 g/mol. The Morgan fingerprint density at radius 1 is 1.58 bits per heavy atom. The van der Waals surface area contributed by atoms with Gasteiger partial charge in [-0.15, -0.1) is 0 Å². The number of pyridine rings is 1. The molecule has 0 N–H and O–H groups in total. The van der Waals surface area contributed by atoms with Crippen molar-refractivity contribution in [2.45, 2.75) is 19.8 Å². The highest BCUT2D eigenvalue weighted by Crippen LogP contribution is 2.29. The number of aromatic nitrogens is 1. The molecule has 0 unspecified atom stereocenters. The Kier molecular flexibility index (Phi) is 1.98. The lowest BCUT2D eigenvalue weighted by atomic mass is 10.3. The third-order valence-corrected chi connectivity index (χ3v) is 2.14. The number of aryl methyl sites for hydroxylation is 1. The van der Waals surface area contributed by atoms with E-state index in [2.05, 4.69) is 4.98 Å². The summed E-state index contributed by atoms with van der Waals surface area (Å²) in [6.07, 6.45) is 6.28. The van der Waals surface area contributed by atoms with E-state index < -0.39 is 0 Å². The van der Waals surface area contributed by atoms with Crippen LogP contribution in [0.1, 0.15) is 18.4 Å². The Labute approximate surface area is 72.6 Å². The van der Waals surface area contributed by atoms with Gasteiger partial charge < -0.3 is 4.74 Å². The topological polar surface area (TPSA) is 22.1 Å². The molecule has 0 spiro atoms. The van der Waals surface area contributed by atoms with Crippen LogP contribution in [0.25, 0.3) is 0 Å². The lowest BCUT2D eigenvalue weighted by molar-refractivity contribution is 0.297. The lowest BCUT2D eigenvalue weighted by Gasteiger charge is -2.06. The van der Waals surface area contributed by atoms with Gasteiger partial charge in [-0.2, -0.15) is 0 Å². The molecule has 1 fully saturated rings. The van der Waals surface area contributed by atoms with E-state index in [4.69, 9.17) is 4.74 Å². The summed E-state index contributed by atoms with van der Waals surface area (Å²) in [6, 6.07) is 1.93. The predicted molar refractivity (Wildman–Crippen MR) is 47.2 cm³/mol. The van der Waals surface area contributed by atoms with Crippen LogP contribution in [-0.4, -0.2) is 11.6 Å². The molecule has 1 aliphatic carbocycles. The summed E-state index contributed by atoms with van der Waals surface area (Å²) in [5.41, 5.74) is 1.12. The third kappa shape index (κ3) is 1.76. The first kappa shape index (κ1) is 7.59. The van der Waals surface area contributed by atoms with E-state index >= 15 is 0 Å². The maximum absolute atomic E-state index is 5.62. The van der Waals surface area contributed by atoms with Gasteiger partial charge in [-0.05, 0) is 31.7 Å². The lowest BCUT2D eigenvalue weighted by Crippen LogP contribution is -2.00. The highest BCUT2D eigenvalue weighted by atomic mass is 16.5. The average Bonchev–Trinajstić information content (AvgIpc) is 2.86. The Hall–Kier alpha value is -1.05. The first-order valence-electron chi connectivity index (χ1n) is 4.39. The fourth-order valence-electron chi connectivity index (χ4n) is 1.11. The zero-order valence-electron chi connectivity index (χ0n) is 7.29. The van der Waals surface area contributed by atoms with Gasteiger partial charge in [0.15, 0.2) is 0 Å². The summed E-state index contributed by atoms with van der Waals surface area (Å²) in [7, 11) is 0. The summed E-state index contributed by atoms with van der Waals surface area (Å²) < 4.78 is 5.62. The molecule has 1 aromatic heterocycles. The third-order valence-electron chi connectivity index (χ3n) is 2.14. The SMILES string of the molecule is Cc1cnccc1OCC1CC1. The molecule has 0 amide bonds. The van der Waals surface area contributed by atoms with Crippen LogP contribution in [0.3, 0.4) is 0 Å². The van der Waals surface area contributed by atoms with Gasteiger partial charge in [0.2, 0.25) is 0 Å². The molecule has 1 heterocycles. The van der Waals surface area contributed by atoms with Gasteiger partial charge >= 0.3 is 0 Å². The Balaban J connectivity index is 1.96. The predicted octanol–water partition coefficient (Wildman–Crippen LogP) is 2.18. The van der Waals surface area contributed by atoms with Crippen molar-refractivity contribution < 1.29 is 4.74 Å². The van der Waals surface area contributed by atoms with Crippen LogP contribution in [0.4, 0.5) is 0 Å². The van der Waals surface area contributed by atoms with Crippen LogP contribution in [0.2, 0.25) is 0 Å². The minimum Gasteiger partial charge on any atom is -0.493 e. The second kappa shape index (κ2) is 3.13. The molecule has 12 heavy (non-hydrogen) atoms. The van der Waals surface area contributed by atoms with Gasteiger partial charge in [-0.1, -0.05) is 0 Å². The van der Waals surface area contributed by atoms with Crippen LogP contribution in [0, 0.1) is 12.8 Å². The van der Waals surface area contributed by atoms with E-state index in [-0.39, 0.29) is 0 Å². The molecule has 2 heteroatoms. The molecule has 0 radical (unpaired) electrons. The van der Waals surface area contributed by atoms with Crippen LogP contribution in [0.15, 0.2) is 18.5 Å². The van der Waals surface area contributed by atoms with E-state index in [0.29, 0.717) is 0 Å². The molecule has 0 saturated heterocycles. The van der Waals surface area contributed by atoms with E-state index in [0.717, 1.165) is 23.8 Å². The second-order valence-electron chi connectivity index (χ2n) is 3.40. The maximum Gasteiger partial charge on any atom is 0.125 e. The molecule has 1 saturated carbocycles. The molecule has 2 rings (SSSR count). The van der Waals surface area contributed by atoms with Crippen molar-refractivity contribution in [1.82, 2.24) is 4.98 Å². The van der Waals surface area contributed by atoms with Crippen LogP contribution < -0.4 is 4.74 Å². The molecule has 0 atom stereocenters. The highest BCUT2D eigenvalue weighted by Gasteiger charge is 2.21. The molecule has 0 bridgehead atoms. The fourth-order valence-corrected chi connectivity index (χ4v) is 1.11.